The maximum Gasteiger partial charge on any atom is 0.239 e. The third kappa shape index (κ3) is 4.59. The zero-order chi connectivity index (χ0) is 18.0. The van der Waals surface area contributed by atoms with E-state index < -0.39 is 10.0 Å². The van der Waals surface area contributed by atoms with E-state index in [0.29, 0.717) is 25.9 Å². The molecule has 1 unspecified atom stereocenters. The molecule has 2 aliphatic heterocycles. The molecule has 1 amide bonds. The maximum atomic E-state index is 12.8. The first-order valence-electron chi connectivity index (χ1n) is 8.90. The molecule has 6 nitrogen and oxygen atoms in total. The van der Waals surface area contributed by atoms with E-state index in [1.165, 1.54) is 17.4 Å². The highest BCUT2D eigenvalue weighted by atomic mass is 32.2. The SMILES string of the molecule is CC(C(=O)N1CCC(NS(C)(=O)=O)CC1)N1CCc2ccccc2C1. The molecule has 2 aliphatic rings. The largest absolute Gasteiger partial charge is 0.341 e. The molecule has 7 heteroatoms. The van der Waals surface area contributed by atoms with Gasteiger partial charge < -0.3 is 4.90 Å². The highest BCUT2D eigenvalue weighted by Crippen LogP contribution is 2.22. The molecule has 0 saturated carbocycles. The van der Waals surface area contributed by atoms with Crippen molar-refractivity contribution in [2.75, 3.05) is 25.9 Å². The minimum absolute atomic E-state index is 0.0591. The minimum atomic E-state index is -3.19. The lowest BCUT2D eigenvalue weighted by molar-refractivity contribution is -0.137. The lowest BCUT2D eigenvalue weighted by Crippen LogP contribution is -2.52. The second-order valence-electron chi connectivity index (χ2n) is 7.15. The van der Waals surface area contributed by atoms with Crippen LogP contribution < -0.4 is 4.72 Å². The number of hydrogen-bond donors (Lipinski definition) is 1. The Morgan fingerprint density at radius 1 is 1.16 bits per heavy atom. The van der Waals surface area contributed by atoms with Gasteiger partial charge in [0.1, 0.15) is 0 Å². The number of rotatable bonds is 4. The third-order valence-corrected chi connectivity index (χ3v) is 6.01. The van der Waals surface area contributed by atoms with Gasteiger partial charge in [-0.15, -0.1) is 0 Å². The van der Waals surface area contributed by atoms with Gasteiger partial charge in [-0.05, 0) is 37.3 Å². The summed E-state index contributed by atoms with van der Waals surface area (Å²) in [5.41, 5.74) is 2.69. The zero-order valence-electron chi connectivity index (χ0n) is 14.9. The number of fused-ring (bicyclic) bond motifs is 1. The summed E-state index contributed by atoms with van der Waals surface area (Å²) in [6.07, 6.45) is 3.51. The first kappa shape index (κ1) is 18.4. The Kier molecular flexibility index (Phi) is 5.46. The summed E-state index contributed by atoms with van der Waals surface area (Å²) >= 11 is 0. The molecule has 0 radical (unpaired) electrons. The average molecular weight is 365 g/mol. The number of nitrogens with zero attached hydrogens (tertiary/aromatic N) is 2. The van der Waals surface area contributed by atoms with Crippen molar-refractivity contribution < 1.29 is 13.2 Å². The van der Waals surface area contributed by atoms with E-state index in [2.05, 4.69) is 27.8 Å². The van der Waals surface area contributed by atoms with Crippen molar-refractivity contribution in [2.24, 2.45) is 0 Å². The van der Waals surface area contributed by atoms with Crippen molar-refractivity contribution in [1.82, 2.24) is 14.5 Å². The van der Waals surface area contributed by atoms with Crippen LogP contribution in [0.4, 0.5) is 0 Å². The minimum Gasteiger partial charge on any atom is -0.341 e. The molecule has 1 aromatic rings. The Labute approximate surface area is 150 Å². The number of amides is 1. The van der Waals surface area contributed by atoms with E-state index in [-0.39, 0.29) is 18.0 Å². The summed E-state index contributed by atoms with van der Waals surface area (Å²) in [6.45, 7) is 4.92. The zero-order valence-corrected chi connectivity index (χ0v) is 15.8. The molecule has 0 aliphatic carbocycles. The Balaban J connectivity index is 1.55. The summed E-state index contributed by atoms with van der Waals surface area (Å²) < 4.78 is 25.3. The van der Waals surface area contributed by atoms with E-state index in [4.69, 9.17) is 0 Å². The second-order valence-corrected chi connectivity index (χ2v) is 8.93. The van der Waals surface area contributed by atoms with Crippen LogP contribution in [0.25, 0.3) is 0 Å². The van der Waals surface area contributed by atoms with Gasteiger partial charge >= 0.3 is 0 Å². The molecule has 0 spiro atoms. The maximum absolute atomic E-state index is 12.8. The highest BCUT2D eigenvalue weighted by Gasteiger charge is 2.31. The molecule has 1 N–H and O–H groups in total. The van der Waals surface area contributed by atoms with Crippen LogP contribution in [0.15, 0.2) is 24.3 Å². The van der Waals surface area contributed by atoms with Gasteiger partial charge in [0.15, 0.2) is 0 Å². The Hall–Kier alpha value is -1.44. The van der Waals surface area contributed by atoms with E-state index >= 15 is 0 Å². The Morgan fingerprint density at radius 2 is 1.80 bits per heavy atom. The predicted octanol–water partition coefficient (Wildman–Crippen LogP) is 0.973. The molecule has 0 aromatic heterocycles. The highest BCUT2D eigenvalue weighted by molar-refractivity contribution is 7.88. The number of likely N-dealkylation sites (tertiary alicyclic amines) is 1. The Bertz CT molecular complexity index is 727. The van der Waals surface area contributed by atoms with Crippen LogP contribution in [0.2, 0.25) is 0 Å². The smallest absolute Gasteiger partial charge is 0.239 e. The van der Waals surface area contributed by atoms with Crippen molar-refractivity contribution in [3.05, 3.63) is 35.4 Å². The van der Waals surface area contributed by atoms with Gasteiger partial charge in [0.2, 0.25) is 15.9 Å². The van der Waals surface area contributed by atoms with Crippen LogP contribution >= 0.6 is 0 Å². The summed E-state index contributed by atoms with van der Waals surface area (Å²) in [7, 11) is -3.19. The molecule has 1 aromatic carbocycles. The van der Waals surface area contributed by atoms with Crippen molar-refractivity contribution in [1.29, 1.82) is 0 Å². The van der Waals surface area contributed by atoms with E-state index in [9.17, 15) is 13.2 Å². The van der Waals surface area contributed by atoms with E-state index in [1.807, 2.05) is 17.9 Å². The van der Waals surface area contributed by atoms with Crippen molar-refractivity contribution in [2.45, 2.75) is 44.8 Å². The summed E-state index contributed by atoms with van der Waals surface area (Å²) in [5, 5.41) is 0. The van der Waals surface area contributed by atoms with Gasteiger partial charge in [-0.1, -0.05) is 24.3 Å². The topological polar surface area (TPSA) is 69.7 Å². The molecule has 3 rings (SSSR count). The number of carbonyl (C=O) groups is 1. The van der Waals surface area contributed by atoms with Gasteiger partial charge in [0.25, 0.3) is 0 Å². The molecular weight excluding hydrogens is 338 g/mol. The average Bonchev–Trinajstić information content (AvgIpc) is 2.59. The fraction of sp³-hybridized carbons (Fsp3) is 0.611. The molecule has 1 saturated heterocycles. The van der Waals surface area contributed by atoms with Gasteiger partial charge in [0.05, 0.1) is 12.3 Å². The number of hydrogen-bond acceptors (Lipinski definition) is 4. The molecule has 138 valence electrons. The van der Waals surface area contributed by atoms with Crippen LogP contribution in [-0.2, 0) is 27.8 Å². The number of sulfonamides is 1. The lowest BCUT2D eigenvalue weighted by atomic mass is 9.98. The summed E-state index contributed by atoms with van der Waals surface area (Å²) in [4.78, 5) is 17.0. The quantitative estimate of drug-likeness (QED) is 0.863. The molecule has 2 heterocycles. The van der Waals surface area contributed by atoms with Crippen molar-refractivity contribution >= 4 is 15.9 Å². The molecule has 0 bridgehead atoms. The fourth-order valence-corrected chi connectivity index (χ4v) is 4.63. The van der Waals surface area contributed by atoms with Crippen molar-refractivity contribution in [3.63, 3.8) is 0 Å². The van der Waals surface area contributed by atoms with E-state index in [0.717, 1.165) is 19.5 Å². The standard InChI is InChI=1S/C18H27N3O3S/c1-14(21-10-7-15-5-3-4-6-16(15)13-21)18(22)20-11-8-17(9-12-20)19-25(2,23)24/h3-6,14,17,19H,7-13H2,1-2H3. The molecule has 1 fully saturated rings. The first-order chi connectivity index (χ1) is 11.8. The molecule has 1 atom stereocenters. The van der Waals surface area contributed by atoms with Crippen LogP contribution in [0.3, 0.4) is 0 Å². The van der Waals surface area contributed by atoms with Gasteiger partial charge in [0, 0.05) is 32.2 Å². The van der Waals surface area contributed by atoms with Crippen LogP contribution in [0.5, 0.6) is 0 Å². The second kappa shape index (κ2) is 7.43. The number of carbonyl (C=O) groups excluding carboxylic acids is 1. The van der Waals surface area contributed by atoms with Crippen LogP contribution in [0, 0.1) is 0 Å². The van der Waals surface area contributed by atoms with Gasteiger partial charge in [-0.2, -0.15) is 0 Å². The monoisotopic (exact) mass is 365 g/mol. The number of nitrogens with one attached hydrogen (secondary N) is 1. The van der Waals surface area contributed by atoms with Gasteiger partial charge in [-0.3, -0.25) is 9.69 Å². The predicted molar refractivity (Wildman–Crippen MR) is 97.6 cm³/mol. The van der Waals surface area contributed by atoms with E-state index in [1.54, 1.807) is 0 Å². The molecular formula is C18H27N3O3S. The first-order valence-corrected chi connectivity index (χ1v) is 10.8. The van der Waals surface area contributed by atoms with Crippen LogP contribution in [0.1, 0.15) is 30.9 Å². The lowest BCUT2D eigenvalue weighted by Gasteiger charge is -2.38. The van der Waals surface area contributed by atoms with Gasteiger partial charge in [-0.25, -0.2) is 13.1 Å². The summed E-state index contributed by atoms with van der Waals surface area (Å²) in [6, 6.07) is 8.22. The fourth-order valence-electron chi connectivity index (χ4n) is 3.79. The Morgan fingerprint density at radius 3 is 2.44 bits per heavy atom. The number of benzene rings is 1. The molecule has 25 heavy (non-hydrogen) atoms. The third-order valence-electron chi connectivity index (χ3n) is 5.25. The number of piperidine rings is 1. The van der Waals surface area contributed by atoms with Crippen LogP contribution in [-0.4, -0.2) is 62.1 Å². The summed E-state index contributed by atoms with van der Waals surface area (Å²) in [5.74, 6) is 0.150. The van der Waals surface area contributed by atoms with Crippen molar-refractivity contribution in [3.8, 4) is 0 Å². The normalized spacial score (nSPS) is 21.0.